The molecular weight excluding hydrogens is 480 g/mol. The van der Waals surface area contributed by atoms with Gasteiger partial charge in [0.15, 0.2) is 30.9 Å². The van der Waals surface area contributed by atoms with E-state index in [-0.39, 0.29) is 0 Å². The molecule has 0 saturated carbocycles. The van der Waals surface area contributed by atoms with Crippen molar-refractivity contribution in [2.45, 2.75) is 82.2 Å². The quantitative estimate of drug-likeness (QED) is 0.222. The van der Waals surface area contributed by atoms with Gasteiger partial charge in [0, 0.05) is 27.9 Å². The molecule has 2 aliphatic rings. The SMILES string of the molecule is COC(=O)[C@H]1O[C@H](OC)[C@H](O)[C@@H](OC(C)=O)[C@@H]1O[C@H]1O[C@H](COC(C)=O)[C@@H](OC(C)=O)[C@H](O)[C@H]1O. The van der Waals surface area contributed by atoms with Crippen molar-refractivity contribution in [3.8, 4) is 0 Å². The standard InChI is InChI=1S/C20H30O15/c1-7(21)30-6-10-14(31-8(2)22)11(24)12(25)20(33-10)34-16-15(32-9(3)23)13(26)19(29-5)35-17(16)18(27)28-4/h10-17,19-20,24-26H,6H2,1-5H3/t10-,11-,12-,13-,14-,15-,16+,17+,19+,20-/m1/s1. The molecule has 10 atom stereocenters. The van der Waals surface area contributed by atoms with Gasteiger partial charge in [0.25, 0.3) is 0 Å². The summed E-state index contributed by atoms with van der Waals surface area (Å²) in [6.45, 7) is 2.71. The zero-order valence-corrected chi connectivity index (χ0v) is 19.7. The fraction of sp³-hybridized carbons (Fsp3) is 0.800. The minimum Gasteiger partial charge on any atom is -0.467 e. The summed E-state index contributed by atoms with van der Waals surface area (Å²) >= 11 is 0. The molecule has 0 radical (unpaired) electrons. The van der Waals surface area contributed by atoms with Crippen LogP contribution in [0.1, 0.15) is 20.8 Å². The summed E-state index contributed by atoms with van der Waals surface area (Å²) in [6, 6.07) is 0. The number of hydrogen-bond donors (Lipinski definition) is 3. The topological polar surface area (TPSA) is 203 Å². The molecule has 0 aromatic rings. The van der Waals surface area contributed by atoms with E-state index in [1.54, 1.807) is 0 Å². The fourth-order valence-electron chi connectivity index (χ4n) is 3.65. The van der Waals surface area contributed by atoms with E-state index < -0.39 is 91.9 Å². The Morgan fingerprint density at radius 3 is 1.86 bits per heavy atom. The van der Waals surface area contributed by atoms with E-state index in [1.807, 2.05) is 0 Å². The summed E-state index contributed by atoms with van der Waals surface area (Å²) in [5, 5.41) is 31.8. The number of carbonyl (C=O) groups excluding carboxylic acids is 4. The second-order valence-electron chi connectivity index (χ2n) is 7.75. The molecule has 2 aliphatic heterocycles. The molecule has 2 fully saturated rings. The maximum atomic E-state index is 12.4. The Balaban J connectivity index is 2.37. The Morgan fingerprint density at radius 1 is 0.743 bits per heavy atom. The summed E-state index contributed by atoms with van der Waals surface area (Å²) in [5.74, 6) is -3.37. The molecule has 0 spiro atoms. The fourth-order valence-corrected chi connectivity index (χ4v) is 3.65. The highest BCUT2D eigenvalue weighted by Crippen LogP contribution is 2.32. The number of aliphatic hydroxyl groups is 3. The summed E-state index contributed by atoms with van der Waals surface area (Å²) in [7, 11) is 2.22. The van der Waals surface area contributed by atoms with Crippen LogP contribution >= 0.6 is 0 Å². The first-order valence-corrected chi connectivity index (χ1v) is 10.5. The Bertz CT molecular complexity index is 772. The van der Waals surface area contributed by atoms with Crippen LogP contribution in [0.2, 0.25) is 0 Å². The molecule has 0 aromatic carbocycles. The van der Waals surface area contributed by atoms with Crippen LogP contribution in [0.15, 0.2) is 0 Å². The Hall–Kier alpha value is -2.40. The van der Waals surface area contributed by atoms with Gasteiger partial charge < -0.3 is 53.2 Å². The van der Waals surface area contributed by atoms with Crippen LogP contribution in [-0.4, -0.2) is 121 Å². The highest BCUT2D eigenvalue weighted by Gasteiger charge is 2.55. The number of ether oxygens (including phenoxy) is 8. The molecule has 0 amide bonds. The van der Waals surface area contributed by atoms with Crippen LogP contribution < -0.4 is 0 Å². The molecule has 35 heavy (non-hydrogen) atoms. The van der Waals surface area contributed by atoms with Gasteiger partial charge in [-0.3, -0.25) is 14.4 Å². The Labute approximate surface area is 200 Å². The lowest BCUT2D eigenvalue weighted by Crippen LogP contribution is -2.66. The minimum absolute atomic E-state index is 0.500. The molecule has 3 N–H and O–H groups in total. The van der Waals surface area contributed by atoms with E-state index in [4.69, 9.17) is 37.9 Å². The maximum absolute atomic E-state index is 12.4. The third-order valence-electron chi connectivity index (χ3n) is 5.17. The minimum atomic E-state index is -1.87. The number of aliphatic hydroxyl groups excluding tert-OH is 3. The van der Waals surface area contributed by atoms with Gasteiger partial charge in [-0.1, -0.05) is 0 Å². The van der Waals surface area contributed by atoms with Gasteiger partial charge in [0.05, 0.1) is 7.11 Å². The Kier molecular flexibility index (Phi) is 10.3. The average molecular weight is 510 g/mol. The number of rotatable bonds is 8. The van der Waals surface area contributed by atoms with E-state index in [0.29, 0.717) is 0 Å². The van der Waals surface area contributed by atoms with Crippen molar-refractivity contribution in [2.24, 2.45) is 0 Å². The third-order valence-corrected chi connectivity index (χ3v) is 5.17. The molecular formula is C20H30O15. The predicted octanol–water partition coefficient (Wildman–Crippen LogP) is -2.85. The summed E-state index contributed by atoms with van der Waals surface area (Å²) < 4.78 is 41.4. The highest BCUT2D eigenvalue weighted by molar-refractivity contribution is 5.76. The second-order valence-corrected chi connectivity index (χ2v) is 7.75. The molecule has 15 nitrogen and oxygen atoms in total. The van der Waals surface area contributed by atoms with Gasteiger partial charge in [0.2, 0.25) is 0 Å². The smallest absolute Gasteiger partial charge is 0.338 e. The van der Waals surface area contributed by atoms with Gasteiger partial charge in [-0.25, -0.2) is 4.79 Å². The van der Waals surface area contributed by atoms with Crippen molar-refractivity contribution < 1.29 is 72.4 Å². The lowest BCUT2D eigenvalue weighted by atomic mass is 9.96. The van der Waals surface area contributed by atoms with Gasteiger partial charge in [-0.15, -0.1) is 0 Å². The molecule has 0 unspecified atom stereocenters. The predicted molar refractivity (Wildman–Crippen MR) is 107 cm³/mol. The van der Waals surface area contributed by atoms with Crippen LogP contribution in [-0.2, 0) is 57.1 Å². The zero-order chi connectivity index (χ0) is 26.4. The van der Waals surface area contributed by atoms with Crippen LogP contribution in [0.4, 0.5) is 0 Å². The Morgan fingerprint density at radius 2 is 1.34 bits per heavy atom. The second kappa shape index (κ2) is 12.5. The number of esters is 4. The third kappa shape index (κ3) is 7.07. The lowest BCUT2D eigenvalue weighted by molar-refractivity contribution is -0.353. The number of hydrogen-bond acceptors (Lipinski definition) is 15. The van der Waals surface area contributed by atoms with Crippen molar-refractivity contribution >= 4 is 23.9 Å². The van der Waals surface area contributed by atoms with Gasteiger partial charge in [-0.05, 0) is 0 Å². The van der Waals surface area contributed by atoms with Crippen LogP contribution in [0, 0.1) is 0 Å². The zero-order valence-electron chi connectivity index (χ0n) is 19.7. The normalized spacial score (nSPS) is 37.1. The van der Waals surface area contributed by atoms with Crippen molar-refractivity contribution in [1.82, 2.24) is 0 Å². The molecule has 2 rings (SSSR count). The number of methoxy groups -OCH3 is 2. The molecule has 0 bridgehead atoms. The molecule has 0 aromatic heterocycles. The summed E-state index contributed by atoms with van der Waals surface area (Å²) in [6.07, 6.45) is -16.1. The van der Waals surface area contributed by atoms with E-state index in [0.717, 1.165) is 27.9 Å². The van der Waals surface area contributed by atoms with Gasteiger partial charge in [-0.2, -0.15) is 0 Å². The maximum Gasteiger partial charge on any atom is 0.338 e. The van der Waals surface area contributed by atoms with E-state index in [2.05, 4.69) is 0 Å². The lowest BCUT2D eigenvalue weighted by Gasteiger charge is -2.46. The summed E-state index contributed by atoms with van der Waals surface area (Å²) in [4.78, 5) is 46.8. The molecule has 2 heterocycles. The highest BCUT2D eigenvalue weighted by atomic mass is 16.8. The van der Waals surface area contributed by atoms with Crippen molar-refractivity contribution in [1.29, 1.82) is 0 Å². The first kappa shape index (κ1) is 28.8. The molecule has 2 saturated heterocycles. The van der Waals surface area contributed by atoms with E-state index in [9.17, 15) is 34.5 Å². The van der Waals surface area contributed by atoms with E-state index >= 15 is 0 Å². The van der Waals surface area contributed by atoms with Crippen molar-refractivity contribution in [3.63, 3.8) is 0 Å². The largest absolute Gasteiger partial charge is 0.467 e. The van der Waals surface area contributed by atoms with Gasteiger partial charge in [0.1, 0.15) is 37.1 Å². The first-order chi connectivity index (χ1) is 16.4. The van der Waals surface area contributed by atoms with Crippen LogP contribution in [0.25, 0.3) is 0 Å². The molecule has 0 aliphatic carbocycles. The van der Waals surface area contributed by atoms with Crippen LogP contribution in [0.5, 0.6) is 0 Å². The van der Waals surface area contributed by atoms with Gasteiger partial charge >= 0.3 is 23.9 Å². The monoisotopic (exact) mass is 510 g/mol. The van der Waals surface area contributed by atoms with Crippen LogP contribution in [0.3, 0.4) is 0 Å². The van der Waals surface area contributed by atoms with Crippen molar-refractivity contribution in [3.05, 3.63) is 0 Å². The molecule has 15 heteroatoms. The summed E-state index contributed by atoms with van der Waals surface area (Å²) in [5.41, 5.74) is 0. The molecule has 200 valence electrons. The first-order valence-electron chi connectivity index (χ1n) is 10.5. The average Bonchev–Trinajstić information content (AvgIpc) is 2.79. The number of carbonyl (C=O) groups is 4. The van der Waals surface area contributed by atoms with Crippen molar-refractivity contribution in [2.75, 3.05) is 20.8 Å². The van der Waals surface area contributed by atoms with E-state index in [1.165, 1.54) is 7.11 Å².